The molecular formula is C9H8O2. The molecule has 0 aromatic heterocycles. The maximum atomic E-state index is 9.32. The van der Waals surface area contributed by atoms with Crippen molar-refractivity contribution in [3.05, 3.63) is 29.3 Å². The highest BCUT2D eigenvalue weighted by Gasteiger charge is 2.11. The van der Waals surface area contributed by atoms with Crippen molar-refractivity contribution in [2.45, 2.75) is 6.42 Å². The molecule has 56 valence electrons. The van der Waals surface area contributed by atoms with Crippen LogP contribution >= 0.6 is 0 Å². The predicted octanol–water partition coefficient (Wildman–Crippen LogP) is 1.67. The highest BCUT2D eigenvalue weighted by atomic mass is 16.3. The fourth-order valence-corrected chi connectivity index (χ4v) is 1.31. The van der Waals surface area contributed by atoms with E-state index in [0.29, 0.717) is 0 Å². The van der Waals surface area contributed by atoms with Crippen molar-refractivity contribution in [1.82, 2.24) is 0 Å². The number of fused-ring (bicyclic) bond motifs is 1. The summed E-state index contributed by atoms with van der Waals surface area (Å²) in [6.07, 6.45) is 4.64. The van der Waals surface area contributed by atoms with Crippen molar-refractivity contribution < 1.29 is 10.2 Å². The fourth-order valence-electron chi connectivity index (χ4n) is 1.31. The van der Waals surface area contributed by atoms with Gasteiger partial charge in [-0.3, -0.25) is 0 Å². The van der Waals surface area contributed by atoms with Crippen molar-refractivity contribution in [2.24, 2.45) is 0 Å². The summed E-state index contributed by atoms with van der Waals surface area (Å²) in [4.78, 5) is 0. The standard InChI is InChI=1S/C9H8O2/c10-8-5-4-6-2-1-3-7(6)9(8)11/h1,3-5,10-11H,2H2. The van der Waals surface area contributed by atoms with Gasteiger partial charge in [0.05, 0.1) is 0 Å². The van der Waals surface area contributed by atoms with Crippen LogP contribution in [0.25, 0.3) is 6.08 Å². The van der Waals surface area contributed by atoms with Crippen molar-refractivity contribution in [3.63, 3.8) is 0 Å². The summed E-state index contributed by atoms with van der Waals surface area (Å²) < 4.78 is 0. The number of aromatic hydroxyl groups is 2. The largest absolute Gasteiger partial charge is 0.504 e. The van der Waals surface area contributed by atoms with Gasteiger partial charge < -0.3 is 10.2 Å². The Morgan fingerprint density at radius 2 is 2.00 bits per heavy atom. The van der Waals surface area contributed by atoms with Crippen LogP contribution in [0.2, 0.25) is 0 Å². The lowest BCUT2D eigenvalue weighted by Gasteiger charge is -2.02. The van der Waals surface area contributed by atoms with Crippen molar-refractivity contribution in [2.75, 3.05) is 0 Å². The maximum Gasteiger partial charge on any atom is 0.165 e. The van der Waals surface area contributed by atoms with Gasteiger partial charge >= 0.3 is 0 Å². The number of phenols is 2. The molecule has 0 saturated heterocycles. The van der Waals surface area contributed by atoms with Crippen LogP contribution < -0.4 is 0 Å². The van der Waals surface area contributed by atoms with E-state index in [-0.39, 0.29) is 11.5 Å². The first kappa shape index (κ1) is 6.28. The Labute approximate surface area is 64.4 Å². The first-order valence-electron chi connectivity index (χ1n) is 3.49. The van der Waals surface area contributed by atoms with Crippen LogP contribution in [0.15, 0.2) is 18.2 Å². The summed E-state index contributed by atoms with van der Waals surface area (Å²) in [5.74, 6) is -0.0495. The van der Waals surface area contributed by atoms with Crippen molar-refractivity contribution in [1.29, 1.82) is 0 Å². The van der Waals surface area contributed by atoms with Crippen LogP contribution in [0.1, 0.15) is 11.1 Å². The molecule has 0 spiro atoms. The van der Waals surface area contributed by atoms with E-state index in [4.69, 9.17) is 5.11 Å². The summed E-state index contributed by atoms with van der Waals surface area (Å²) >= 11 is 0. The van der Waals surface area contributed by atoms with E-state index in [2.05, 4.69) is 0 Å². The molecule has 2 heteroatoms. The van der Waals surface area contributed by atoms with Gasteiger partial charge in [-0.2, -0.15) is 0 Å². The Morgan fingerprint density at radius 1 is 1.18 bits per heavy atom. The minimum atomic E-state index is -0.0460. The van der Waals surface area contributed by atoms with Gasteiger partial charge in [-0.25, -0.2) is 0 Å². The van der Waals surface area contributed by atoms with E-state index >= 15 is 0 Å². The first-order valence-corrected chi connectivity index (χ1v) is 3.49. The Bertz CT molecular complexity index is 327. The zero-order valence-electron chi connectivity index (χ0n) is 5.91. The van der Waals surface area contributed by atoms with E-state index in [1.54, 1.807) is 0 Å². The van der Waals surface area contributed by atoms with Crippen LogP contribution in [0.4, 0.5) is 0 Å². The van der Waals surface area contributed by atoms with Gasteiger partial charge in [0.15, 0.2) is 11.5 Å². The molecule has 0 fully saturated rings. The molecule has 2 nitrogen and oxygen atoms in total. The normalized spacial score (nSPS) is 13.5. The molecule has 1 aromatic carbocycles. The lowest BCUT2D eigenvalue weighted by atomic mass is 10.1. The number of hydrogen-bond donors (Lipinski definition) is 2. The molecule has 0 heterocycles. The summed E-state index contributed by atoms with van der Waals surface area (Å²) in [5.41, 5.74) is 1.82. The Hall–Kier alpha value is -1.44. The molecule has 0 atom stereocenters. The van der Waals surface area contributed by atoms with Crippen molar-refractivity contribution >= 4 is 6.08 Å². The third-order valence-electron chi connectivity index (χ3n) is 1.91. The lowest BCUT2D eigenvalue weighted by Crippen LogP contribution is -1.81. The van der Waals surface area contributed by atoms with Crippen LogP contribution in [0.3, 0.4) is 0 Å². The lowest BCUT2D eigenvalue weighted by molar-refractivity contribution is 0.402. The van der Waals surface area contributed by atoms with E-state index in [0.717, 1.165) is 17.5 Å². The zero-order chi connectivity index (χ0) is 7.84. The van der Waals surface area contributed by atoms with Gasteiger partial charge in [0.1, 0.15) is 0 Å². The summed E-state index contributed by atoms with van der Waals surface area (Å²) in [7, 11) is 0. The highest BCUT2D eigenvalue weighted by Crippen LogP contribution is 2.35. The average Bonchev–Trinajstić information content (AvgIpc) is 2.45. The molecule has 11 heavy (non-hydrogen) atoms. The number of phenolic OH excluding ortho intramolecular Hbond substituents is 2. The summed E-state index contributed by atoms with van der Waals surface area (Å²) in [6, 6.07) is 3.34. The number of allylic oxidation sites excluding steroid dienone is 1. The third kappa shape index (κ3) is 0.792. The van der Waals surface area contributed by atoms with Crippen LogP contribution in [-0.2, 0) is 6.42 Å². The molecule has 0 aliphatic heterocycles. The molecule has 1 aliphatic carbocycles. The Kier molecular flexibility index (Phi) is 1.15. The molecule has 0 unspecified atom stereocenters. The summed E-state index contributed by atoms with van der Waals surface area (Å²) in [6.45, 7) is 0. The minimum absolute atomic E-state index is 0.00347. The van der Waals surface area contributed by atoms with Crippen LogP contribution in [0.5, 0.6) is 11.5 Å². The summed E-state index contributed by atoms with van der Waals surface area (Å²) in [5, 5.41) is 18.4. The zero-order valence-corrected chi connectivity index (χ0v) is 5.91. The smallest absolute Gasteiger partial charge is 0.165 e. The van der Waals surface area contributed by atoms with Gasteiger partial charge in [0.25, 0.3) is 0 Å². The monoisotopic (exact) mass is 148 g/mol. The Balaban J connectivity index is 2.70. The SMILES string of the molecule is Oc1ccc2c(c1O)C=CC2. The predicted molar refractivity (Wildman–Crippen MR) is 42.5 cm³/mol. The van der Waals surface area contributed by atoms with E-state index in [9.17, 15) is 5.11 Å². The quantitative estimate of drug-likeness (QED) is 0.549. The van der Waals surface area contributed by atoms with Gasteiger partial charge in [-0.05, 0) is 18.1 Å². The Morgan fingerprint density at radius 3 is 2.82 bits per heavy atom. The van der Waals surface area contributed by atoms with Crippen molar-refractivity contribution in [3.8, 4) is 11.5 Å². The molecule has 0 bridgehead atoms. The van der Waals surface area contributed by atoms with E-state index < -0.39 is 0 Å². The molecule has 0 saturated carbocycles. The van der Waals surface area contributed by atoms with Crippen LogP contribution in [-0.4, -0.2) is 10.2 Å². The molecule has 0 radical (unpaired) electrons. The second-order valence-electron chi connectivity index (χ2n) is 2.61. The van der Waals surface area contributed by atoms with Gasteiger partial charge in [-0.1, -0.05) is 18.2 Å². The number of rotatable bonds is 0. The fraction of sp³-hybridized carbons (Fsp3) is 0.111. The maximum absolute atomic E-state index is 9.32. The average molecular weight is 148 g/mol. The van der Waals surface area contributed by atoms with E-state index in [1.807, 2.05) is 18.2 Å². The molecule has 0 amide bonds. The van der Waals surface area contributed by atoms with E-state index in [1.165, 1.54) is 6.07 Å². The molecule has 2 rings (SSSR count). The first-order chi connectivity index (χ1) is 5.29. The topological polar surface area (TPSA) is 40.5 Å². The van der Waals surface area contributed by atoms with Gasteiger partial charge in [0.2, 0.25) is 0 Å². The third-order valence-corrected chi connectivity index (χ3v) is 1.91. The molecule has 1 aliphatic rings. The highest BCUT2D eigenvalue weighted by molar-refractivity contribution is 5.68. The van der Waals surface area contributed by atoms with Gasteiger partial charge in [-0.15, -0.1) is 0 Å². The molecule has 2 N–H and O–H groups in total. The van der Waals surface area contributed by atoms with Gasteiger partial charge in [0, 0.05) is 5.56 Å². The number of hydrogen-bond acceptors (Lipinski definition) is 2. The number of benzene rings is 1. The van der Waals surface area contributed by atoms with Crippen LogP contribution in [0, 0.1) is 0 Å². The molecule has 1 aromatic rings. The second kappa shape index (κ2) is 2.02. The second-order valence-corrected chi connectivity index (χ2v) is 2.61. The molecular weight excluding hydrogens is 140 g/mol. The minimum Gasteiger partial charge on any atom is -0.504 e.